The van der Waals surface area contributed by atoms with E-state index in [4.69, 9.17) is 16.0 Å². The fourth-order valence-corrected chi connectivity index (χ4v) is 4.80. The maximum absolute atomic E-state index is 13.2. The molecule has 0 spiro atoms. The summed E-state index contributed by atoms with van der Waals surface area (Å²) in [5.41, 5.74) is 1.92. The third-order valence-electron chi connectivity index (χ3n) is 4.66. The highest BCUT2D eigenvalue weighted by atomic mass is 35.5. The minimum absolute atomic E-state index is 0.109. The van der Waals surface area contributed by atoms with Gasteiger partial charge in [-0.3, -0.25) is 4.79 Å². The van der Waals surface area contributed by atoms with E-state index in [-0.39, 0.29) is 22.0 Å². The topological polar surface area (TPSA) is 64.3 Å². The number of benzene rings is 3. The number of furan rings is 1. The zero-order chi connectivity index (χ0) is 20.6. The lowest BCUT2D eigenvalue weighted by atomic mass is 10.0. The smallest absolute Gasteiger partial charge is 0.197 e. The average Bonchev–Trinajstić information content (AvgIpc) is 3.04. The van der Waals surface area contributed by atoms with Crippen LogP contribution in [-0.2, 0) is 15.6 Å². The van der Waals surface area contributed by atoms with E-state index in [1.165, 1.54) is 0 Å². The van der Waals surface area contributed by atoms with Crippen LogP contribution in [0.25, 0.3) is 11.0 Å². The Hall–Kier alpha value is -2.89. The molecular weight excluding hydrogens is 408 g/mol. The molecule has 4 aromatic rings. The van der Waals surface area contributed by atoms with Gasteiger partial charge in [0, 0.05) is 22.0 Å². The number of hydrogen-bond acceptors (Lipinski definition) is 4. The van der Waals surface area contributed by atoms with E-state index in [1.807, 2.05) is 19.1 Å². The Morgan fingerprint density at radius 1 is 0.966 bits per heavy atom. The van der Waals surface area contributed by atoms with Gasteiger partial charge < -0.3 is 4.42 Å². The number of fused-ring (bicyclic) bond motifs is 1. The van der Waals surface area contributed by atoms with Crippen molar-refractivity contribution in [3.63, 3.8) is 0 Å². The SMILES string of the molecule is Cc1cccc(S(=O)(=O)Cc2oc3cc(Cl)ccc3c2C(=O)c2ccccc2)c1. The molecule has 146 valence electrons. The quantitative estimate of drug-likeness (QED) is 0.391. The molecule has 4 rings (SSSR count). The standard InChI is InChI=1S/C23H17ClO4S/c1-15-6-5-9-18(12-15)29(26,27)14-21-22(23(25)16-7-3-2-4-8-16)19-11-10-17(24)13-20(19)28-21/h2-13H,14H2,1H3. The van der Waals surface area contributed by atoms with Gasteiger partial charge in [-0.25, -0.2) is 8.42 Å². The molecule has 0 amide bonds. The first-order valence-corrected chi connectivity index (χ1v) is 11.0. The van der Waals surface area contributed by atoms with Crippen LogP contribution >= 0.6 is 11.6 Å². The number of sulfone groups is 1. The molecule has 0 atom stereocenters. The van der Waals surface area contributed by atoms with Crippen molar-refractivity contribution in [3.05, 3.63) is 100 Å². The molecule has 0 saturated heterocycles. The van der Waals surface area contributed by atoms with Crippen molar-refractivity contribution >= 4 is 38.2 Å². The lowest BCUT2D eigenvalue weighted by Gasteiger charge is -2.06. The molecule has 0 unspecified atom stereocenters. The Morgan fingerprint density at radius 2 is 1.72 bits per heavy atom. The summed E-state index contributed by atoms with van der Waals surface area (Å²) in [7, 11) is -3.71. The second-order valence-corrected chi connectivity index (χ2v) is 9.24. The number of halogens is 1. The first kappa shape index (κ1) is 19.4. The van der Waals surface area contributed by atoms with E-state index >= 15 is 0 Å². The molecule has 0 saturated carbocycles. The van der Waals surface area contributed by atoms with Crippen LogP contribution in [0.5, 0.6) is 0 Å². The highest BCUT2D eigenvalue weighted by molar-refractivity contribution is 7.90. The van der Waals surface area contributed by atoms with Crippen molar-refractivity contribution in [1.82, 2.24) is 0 Å². The summed E-state index contributed by atoms with van der Waals surface area (Å²) in [6, 6.07) is 20.3. The van der Waals surface area contributed by atoms with Crippen LogP contribution in [-0.4, -0.2) is 14.2 Å². The van der Waals surface area contributed by atoms with Crippen LogP contribution < -0.4 is 0 Å². The number of carbonyl (C=O) groups is 1. The van der Waals surface area contributed by atoms with Gasteiger partial charge in [-0.1, -0.05) is 54.1 Å². The average molecular weight is 425 g/mol. The summed E-state index contributed by atoms with van der Waals surface area (Å²) < 4.78 is 31.8. The molecule has 29 heavy (non-hydrogen) atoms. The van der Waals surface area contributed by atoms with Crippen LogP contribution in [0.2, 0.25) is 5.02 Å². The highest BCUT2D eigenvalue weighted by Crippen LogP contribution is 2.32. The van der Waals surface area contributed by atoms with Gasteiger partial charge in [0.15, 0.2) is 15.6 Å². The molecule has 0 bridgehead atoms. The van der Waals surface area contributed by atoms with Crippen LogP contribution in [0, 0.1) is 6.92 Å². The Bertz CT molecular complexity index is 1320. The summed E-state index contributed by atoms with van der Waals surface area (Å²) in [5.74, 6) is -0.602. The van der Waals surface area contributed by atoms with Gasteiger partial charge >= 0.3 is 0 Å². The molecule has 0 aliphatic rings. The molecule has 6 heteroatoms. The second-order valence-electron chi connectivity index (χ2n) is 6.81. The maximum atomic E-state index is 13.2. The number of carbonyl (C=O) groups excluding carboxylic acids is 1. The Morgan fingerprint density at radius 3 is 2.45 bits per heavy atom. The van der Waals surface area contributed by atoms with Crippen LogP contribution in [0.1, 0.15) is 27.2 Å². The molecule has 0 aliphatic carbocycles. The van der Waals surface area contributed by atoms with Gasteiger partial charge in [0.1, 0.15) is 17.1 Å². The fraction of sp³-hybridized carbons (Fsp3) is 0.0870. The van der Waals surface area contributed by atoms with Crippen molar-refractivity contribution in [2.45, 2.75) is 17.6 Å². The normalized spacial score (nSPS) is 11.7. The molecule has 4 nitrogen and oxygen atoms in total. The third kappa shape index (κ3) is 3.84. The van der Waals surface area contributed by atoms with Crippen LogP contribution in [0.15, 0.2) is 82.1 Å². The van der Waals surface area contributed by atoms with Gasteiger partial charge in [0.2, 0.25) is 0 Å². The number of rotatable bonds is 5. The molecule has 0 fully saturated rings. The van der Waals surface area contributed by atoms with Crippen molar-refractivity contribution < 1.29 is 17.6 Å². The summed E-state index contributed by atoms with van der Waals surface area (Å²) in [6.07, 6.45) is 0. The summed E-state index contributed by atoms with van der Waals surface area (Å²) in [4.78, 5) is 13.4. The van der Waals surface area contributed by atoms with Gasteiger partial charge in [0.05, 0.1) is 10.5 Å². The maximum Gasteiger partial charge on any atom is 0.197 e. The van der Waals surface area contributed by atoms with Crippen molar-refractivity contribution in [2.24, 2.45) is 0 Å². The largest absolute Gasteiger partial charge is 0.459 e. The first-order chi connectivity index (χ1) is 13.8. The van der Waals surface area contributed by atoms with E-state index in [9.17, 15) is 13.2 Å². The number of ketones is 1. The van der Waals surface area contributed by atoms with E-state index in [2.05, 4.69) is 0 Å². The van der Waals surface area contributed by atoms with Gasteiger partial charge in [-0.15, -0.1) is 0 Å². The van der Waals surface area contributed by atoms with Gasteiger partial charge in [-0.05, 0) is 36.8 Å². The Balaban J connectivity index is 1.87. The molecule has 1 heterocycles. The molecule has 0 radical (unpaired) electrons. The number of hydrogen-bond donors (Lipinski definition) is 0. The molecule has 0 N–H and O–H groups in total. The summed E-state index contributed by atoms with van der Waals surface area (Å²) >= 11 is 6.06. The van der Waals surface area contributed by atoms with E-state index in [0.29, 0.717) is 21.6 Å². The van der Waals surface area contributed by atoms with Crippen molar-refractivity contribution in [3.8, 4) is 0 Å². The van der Waals surface area contributed by atoms with E-state index < -0.39 is 15.6 Å². The third-order valence-corrected chi connectivity index (χ3v) is 6.51. The summed E-state index contributed by atoms with van der Waals surface area (Å²) in [5, 5.41) is 0.982. The Kier molecular flexibility index (Phi) is 5.03. The first-order valence-electron chi connectivity index (χ1n) is 8.95. The predicted molar refractivity (Wildman–Crippen MR) is 113 cm³/mol. The number of aryl methyl sites for hydroxylation is 1. The van der Waals surface area contributed by atoms with E-state index in [0.717, 1.165) is 5.56 Å². The molecule has 1 aromatic heterocycles. The minimum Gasteiger partial charge on any atom is -0.459 e. The van der Waals surface area contributed by atoms with Crippen LogP contribution in [0.4, 0.5) is 0 Å². The van der Waals surface area contributed by atoms with Crippen molar-refractivity contribution in [2.75, 3.05) is 0 Å². The van der Waals surface area contributed by atoms with Crippen molar-refractivity contribution in [1.29, 1.82) is 0 Å². The zero-order valence-corrected chi connectivity index (χ0v) is 17.1. The Labute approximate surface area is 173 Å². The molecular formula is C23H17ClO4S. The second kappa shape index (κ2) is 7.50. The zero-order valence-electron chi connectivity index (χ0n) is 15.6. The highest BCUT2D eigenvalue weighted by Gasteiger charge is 2.27. The summed E-state index contributed by atoms with van der Waals surface area (Å²) in [6.45, 7) is 1.83. The molecule has 0 aliphatic heterocycles. The molecule has 3 aromatic carbocycles. The lowest BCUT2D eigenvalue weighted by molar-refractivity contribution is 0.103. The van der Waals surface area contributed by atoms with E-state index in [1.54, 1.807) is 60.7 Å². The monoisotopic (exact) mass is 424 g/mol. The lowest BCUT2D eigenvalue weighted by Crippen LogP contribution is -2.09. The van der Waals surface area contributed by atoms with Gasteiger partial charge in [0.25, 0.3) is 0 Å². The minimum atomic E-state index is -3.71. The fourth-order valence-electron chi connectivity index (χ4n) is 3.27. The van der Waals surface area contributed by atoms with Gasteiger partial charge in [-0.2, -0.15) is 0 Å². The predicted octanol–water partition coefficient (Wildman–Crippen LogP) is 5.60. The van der Waals surface area contributed by atoms with Crippen LogP contribution in [0.3, 0.4) is 0 Å².